The lowest BCUT2D eigenvalue weighted by molar-refractivity contribution is 1.14. The highest BCUT2D eigenvalue weighted by molar-refractivity contribution is 6.46. The van der Waals surface area contributed by atoms with E-state index in [9.17, 15) is 0 Å². The molecule has 0 aliphatic rings. The number of aryl methyl sites for hydroxylation is 1. The predicted molar refractivity (Wildman–Crippen MR) is 61.7 cm³/mol. The van der Waals surface area contributed by atoms with Crippen LogP contribution >= 0.6 is 0 Å². The number of aliphatic imine (C=N–C) groups is 1. The molecule has 0 saturated carbocycles. The summed E-state index contributed by atoms with van der Waals surface area (Å²) in [7, 11) is 1.71. The SMILES string of the molecule is CCc1ccc(C(=N)C(C)=NC)cc1. The number of nitrogens with one attached hydrogen (secondary N) is 1. The predicted octanol–water partition coefficient (Wildman–Crippen LogP) is 2.71. The third-order valence-corrected chi connectivity index (χ3v) is 2.35. The Morgan fingerprint density at radius 1 is 1.29 bits per heavy atom. The van der Waals surface area contributed by atoms with E-state index in [4.69, 9.17) is 5.41 Å². The van der Waals surface area contributed by atoms with Crippen LogP contribution in [0.5, 0.6) is 0 Å². The molecule has 0 heterocycles. The van der Waals surface area contributed by atoms with Crippen molar-refractivity contribution in [3.8, 4) is 0 Å². The highest BCUT2D eigenvalue weighted by Gasteiger charge is 2.03. The Morgan fingerprint density at radius 2 is 1.86 bits per heavy atom. The van der Waals surface area contributed by atoms with E-state index in [0.717, 1.165) is 17.7 Å². The molecule has 2 nitrogen and oxygen atoms in total. The third kappa shape index (κ3) is 2.28. The normalized spacial score (nSPS) is 11.5. The Labute approximate surface area is 85.2 Å². The molecule has 0 aliphatic carbocycles. The first-order chi connectivity index (χ1) is 6.69. The van der Waals surface area contributed by atoms with Gasteiger partial charge in [-0.1, -0.05) is 31.2 Å². The molecule has 0 spiro atoms. The molecule has 0 saturated heterocycles. The van der Waals surface area contributed by atoms with Crippen molar-refractivity contribution in [3.63, 3.8) is 0 Å². The molecule has 0 amide bonds. The Balaban J connectivity index is 2.92. The first-order valence-corrected chi connectivity index (χ1v) is 4.80. The summed E-state index contributed by atoms with van der Waals surface area (Å²) in [5.74, 6) is 0. The Bertz CT molecular complexity index is 347. The largest absolute Gasteiger partial charge is 0.298 e. The molecule has 74 valence electrons. The van der Waals surface area contributed by atoms with E-state index in [0.29, 0.717) is 5.71 Å². The average Bonchev–Trinajstić information content (AvgIpc) is 2.27. The molecular formula is C12H16N2. The van der Waals surface area contributed by atoms with Gasteiger partial charge in [-0.2, -0.15) is 0 Å². The summed E-state index contributed by atoms with van der Waals surface area (Å²) in [6, 6.07) is 8.09. The van der Waals surface area contributed by atoms with Crippen LogP contribution in [0.2, 0.25) is 0 Å². The molecule has 14 heavy (non-hydrogen) atoms. The minimum Gasteiger partial charge on any atom is -0.298 e. The Morgan fingerprint density at radius 3 is 2.29 bits per heavy atom. The fourth-order valence-corrected chi connectivity index (χ4v) is 1.23. The lowest BCUT2D eigenvalue weighted by atomic mass is 10.0. The fraction of sp³-hybridized carbons (Fsp3) is 0.333. The molecule has 0 aromatic heterocycles. The Kier molecular flexibility index (Phi) is 3.57. The first kappa shape index (κ1) is 10.6. The number of hydrogen-bond donors (Lipinski definition) is 1. The van der Waals surface area contributed by atoms with Crippen molar-refractivity contribution >= 4 is 11.4 Å². The van der Waals surface area contributed by atoms with Gasteiger partial charge in [-0.3, -0.25) is 10.4 Å². The van der Waals surface area contributed by atoms with Crippen LogP contribution in [0.25, 0.3) is 0 Å². The van der Waals surface area contributed by atoms with Gasteiger partial charge in [0.1, 0.15) is 0 Å². The van der Waals surface area contributed by atoms with Crippen molar-refractivity contribution in [1.29, 1.82) is 5.41 Å². The molecule has 1 aromatic carbocycles. The van der Waals surface area contributed by atoms with Crippen LogP contribution in [0.4, 0.5) is 0 Å². The second kappa shape index (κ2) is 4.70. The van der Waals surface area contributed by atoms with E-state index >= 15 is 0 Å². The maximum atomic E-state index is 7.83. The fourth-order valence-electron chi connectivity index (χ4n) is 1.23. The zero-order valence-electron chi connectivity index (χ0n) is 8.96. The van der Waals surface area contributed by atoms with Crippen molar-refractivity contribution in [3.05, 3.63) is 35.4 Å². The molecule has 1 aromatic rings. The van der Waals surface area contributed by atoms with Crippen molar-refractivity contribution in [2.75, 3.05) is 7.05 Å². The second-order valence-corrected chi connectivity index (χ2v) is 3.23. The summed E-state index contributed by atoms with van der Waals surface area (Å²) in [5.41, 5.74) is 3.52. The third-order valence-electron chi connectivity index (χ3n) is 2.35. The van der Waals surface area contributed by atoms with Crippen molar-refractivity contribution in [2.45, 2.75) is 20.3 Å². The molecule has 1 N–H and O–H groups in total. The molecule has 0 fully saturated rings. The number of hydrogen-bond acceptors (Lipinski definition) is 2. The van der Waals surface area contributed by atoms with Crippen LogP contribution < -0.4 is 0 Å². The van der Waals surface area contributed by atoms with Crippen LogP contribution in [0.3, 0.4) is 0 Å². The maximum absolute atomic E-state index is 7.83. The van der Waals surface area contributed by atoms with Crippen LogP contribution in [0.1, 0.15) is 25.0 Å². The van der Waals surface area contributed by atoms with E-state index < -0.39 is 0 Å². The van der Waals surface area contributed by atoms with Gasteiger partial charge in [0.2, 0.25) is 0 Å². The zero-order valence-corrected chi connectivity index (χ0v) is 8.96. The van der Waals surface area contributed by atoms with Crippen molar-refractivity contribution in [2.24, 2.45) is 4.99 Å². The lowest BCUT2D eigenvalue weighted by Gasteiger charge is -2.03. The summed E-state index contributed by atoms with van der Waals surface area (Å²) < 4.78 is 0. The number of nitrogens with zero attached hydrogens (tertiary/aromatic N) is 1. The van der Waals surface area contributed by atoms with Crippen LogP contribution in [0.15, 0.2) is 29.3 Å². The van der Waals surface area contributed by atoms with Gasteiger partial charge in [-0.25, -0.2) is 0 Å². The van der Waals surface area contributed by atoms with E-state index in [1.807, 2.05) is 19.1 Å². The first-order valence-electron chi connectivity index (χ1n) is 4.80. The van der Waals surface area contributed by atoms with Gasteiger partial charge < -0.3 is 0 Å². The average molecular weight is 188 g/mol. The van der Waals surface area contributed by atoms with Gasteiger partial charge in [0, 0.05) is 12.6 Å². The van der Waals surface area contributed by atoms with Gasteiger partial charge in [0.15, 0.2) is 0 Å². The van der Waals surface area contributed by atoms with E-state index in [-0.39, 0.29) is 0 Å². The van der Waals surface area contributed by atoms with Crippen LogP contribution in [-0.4, -0.2) is 18.5 Å². The molecule has 0 unspecified atom stereocenters. The van der Waals surface area contributed by atoms with Gasteiger partial charge in [0.25, 0.3) is 0 Å². The molecule has 0 atom stereocenters. The second-order valence-electron chi connectivity index (χ2n) is 3.23. The van der Waals surface area contributed by atoms with Gasteiger partial charge >= 0.3 is 0 Å². The van der Waals surface area contributed by atoms with Crippen molar-refractivity contribution < 1.29 is 0 Å². The highest BCUT2D eigenvalue weighted by Crippen LogP contribution is 2.06. The quantitative estimate of drug-likeness (QED) is 0.708. The standard InChI is InChI=1S/C12H16N2/c1-4-10-5-7-11(8-6-10)12(13)9(2)14-3/h5-8,13H,4H2,1-3H3. The molecule has 0 bridgehead atoms. The molecule has 0 radical (unpaired) electrons. The topological polar surface area (TPSA) is 36.2 Å². The summed E-state index contributed by atoms with van der Waals surface area (Å²) in [6.45, 7) is 3.98. The maximum Gasteiger partial charge on any atom is 0.0819 e. The summed E-state index contributed by atoms with van der Waals surface area (Å²) >= 11 is 0. The van der Waals surface area contributed by atoms with Crippen LogP contribution in [-0.2, 0) is 6.42 Å². The summed E-state index contributed by atoms with van der Waals surface area (Å²) in [5, 5.41) is 7.83. The monoisotopic (exact) mass is 188 g/mol. The Hall–Kier alpha value is -1.44. The van der Waals surface area contributed by atoms with E-state index in [1.165, 1.54) is 5.56 Å². The zero-order chi connectivity index (χ0) is 10.6. The molecular weight excluding hydrogens is 172 g/mol. The van der Waals surface area contributed by atoms with E-state index in [1.54, 1.807) is 7.05 Å². The minimum atomic E-state index is 0.509. The summed E-state index contributed by atoms with van der Waals surface area (Å²) in [6.07, 6.45) is 1.04. The van der Waals surface area contributed by atoms with Crippen LogP contribution in [0, 0.1) is 5.41 Å². The van der Waals surface area contributed by atoms with Crippen molar-refractivity contribution in [1.82, 2.24) is 0 Å². The van der Waals surface area contributed by atoms with Gasteiger partial charge in [0.05, 0.1) is 11.4 Å². The smallest absolute Gasteiger partial charge is 0.0819 e. The summed E-state index contributed by atoms with van der Waals surface area (Å²) in [4.78, 5) is 4.00. The molecule has 2 heteroatoms. The lowest BCUT2D eigenvalue weighted by Crippen LogP contribution is -2.10. The molecule has 0 aliphatic heterocycles. The number of benzene rings is 1. The number of rotatable bonds is 3. The minimum absolute atomic E-state index is 0.509. The van der Waals surface area contributed by atoms with Gasteiger partial charge in [-0.15, -0.1) is 0 Å². The highest BCUT2D eigenvalue weighted by atomic mass is 14.7. The molecule has 1 rings (SSSR count). The van der Waals surface area contributed by atoms with E-state index in [2.05, 4.69) is 24.0 Å². The van der Waals surface area contributed by atoms with Gasteiger partial charge in [-0.05, 0) is 18.9 Å².